The number of hydrazone groups is 1. The number of anilines is 2. The van der Waals surface area contributed by atoms with Gasteiger partial charge in [-0.2, -0.15) is 5.10 Å². The monoisotopic (exact) mass is 605 g/mol. The SMILES string of the molecule is CS(=O)(=O)Nc1ccc(C2=NN(c3nc(-c4ccccc4)c4cc(Cl)ccc4n3)C(c3c(F)cccc3Cl)C2)cc1. The first kappa shape index (κ1) is 27.1. The van der Waals surface area contributed by atoms with Crippen molar-refractivity contribution in [1.82, 2.24) is 9.97 Å². The molecule has 7 nitrogen and oxygen atoms in total. The lowest BCUT2D eigenvalue weighted by Gasteiger charge is -2.24. The highest BCUT2D eigenvalue weighted by Crippen LogP contribution is 2.41. The van der Waals surface area contributed by atoms with E-state index < -0.39 is 21.9 Å². The van der Waals surface area contributed by atoms with Crippen LogP contribution < -0.4 is 9.73 Å². The van der Waals surface area contributed by atoms with Crippen molar-refractivity contribution in [2.45, 2.75) is 12.5 Å². The molecule has 1 aromatic heterocycles. The third-order valence-electron chi connectivity index (χ3n) is 6.66. The van der Waals surface area contributed by atoms with Gasteiger partial charge in [0.2, 0.25) is 16.0 Å². The molecule has 5 aromatic rings. The van der Waals surface area contributed by atoms with E-state index in [2.05, 4.69) is 4.72 Å². The molecule has 1 N–H and O–H groups in total. The van der Waals surface area contributed by atoms with Crippen LogP contribution in [0.4, 0.5) is 16.0 Å². The van der Waals surface area contributed by atoms with Gasteiger partial charge >= 0.3 is 0 Å². The van der Waals surface area contributed by atoms with Gasteiger partial charge in [0.05, 0.1) is 29.2 Å². The second-order valence-electron chi connectivity index (χ2n) is 9.60. The fourth-order valence-electron chi connectivity index (χ4n) is 4.87. The highest BCUT2D eigenvalue weighted by molar-refractivity contribution is 7.92. The van der Waals surface area contributed by atoms with Gasteiger partial charge in [-0.15, -0.1) is 0 Å². The Hall–Kier alpha value is -4.05. The van der Waals surface area contributed by atoms with Crippen molar-refractivity contribution >= 4 is 61.5 Å². The van der Waals surface area contributed by atoms with Gasteiger partial charge in [0.1, 0.15) is 5.82 Å². The molecule has 4 aromatic carbocycles. The number of hydrogen-bond acceptors (Lipinski definition) is 6. The zero-order valence-electron chi connectivity index (χ0n) is 21.6. The predicted octanol–water partition coefficient (Wildman–Crippen LogP) is 7.47. The van der Waals surface area contributed by atoms with E-state index in [0.717, 1.165) is 22.8 Å². The maximum Gasteiger partial charge on any atom is 0.247 e. The number of nitrogens with one attached hydrogen (secondary N) is 1. The van der Waals surface area contributed by atoms with Gasteiger partial charge in [-0.25, -0.2) is 27.8 Å². The summed E-state index contributed by atoms with van der Waals surface area (Å²) in [6.07, 6.45) is 1.39. The van der Waals surface area contributed by atoms with Crippen molar-refractivity contribution in [2.75, 3.05) is 16.0 Å². The molecule has 6 rings (SSSR count). The summed E-state index contributed by atoms with van der Waals surface area (Å²) in [5.74, 6) is -0.194. The van der Waals surface area contributed by atoms with Crippen LogP contribution in [0.1, 0.15) is 23.6 Å². The number of halogens is 3. The van der Waals surface area contributed by atoms with Crippen LogP contribution in [0.25, 0.3) is 22.2 Å². The summed E-state index contributed by atoms with van der Waals surface area (Å²) in [6, 6.07) is 25.8. The predicted molar refractivity (Wildman–Crippen MR) is 163 cm³/mol. The second-order valence-corrected chi connectivity index (χ2v) is 12.2. The van der Waals surface area contributed by atoms with Gasteiger partial charge in [-0.05, 0) is 48.0 Å². The van der Waals surface area contributed by atoms with Crippen LogP contribution in [0, 0.1) is 5.82 Å². The van der Waals surface area contributed by atoms with Gasteiger partial charge in [-0.3, -0.25) is 4.72 Å². The number of hydrogen-bond donors (Lipinski definition) is 1. The molecular formula is C30H22Cl2FN5O2S. The molecule has 1 unspecified atom stereocenters. The minimum Gasteiger partial charge on any atom is -0.284 e. The van der Waals surface area contributed by atoms with E-state index in [-0.39, 0.29) is 16.5 Å². The summed E-state index contributed by atoms with van der Waals surface area (Å²) < 4.78 is 41.0. The maximum atomic E-state index is 15.3. The third-order valence-corrected chi connectivity index (χ3v) is 7.83. The molecular weight excluding hydrogens is 584 g/mol. The van der Waals surface area contributed by atoms with Crippen molar-refractivity contribution < 1.29 is 12.8 Å². The van der Waals surface area contributed by atoms with Crippen molar-refractivity contribution in [1.29, 1.82) is 0 Å². The Morgan fingerprint density at radius 2 is 1.66 bits per heavy atom. The molecule has 1 aliphatic heterocycles. The molecule has 1 atom stereocenters. The number of sulfonamides is 1. The lowest BCUT2D eigenvalue weighted by atomic mass is 9.98. The highest BCUT2D eigenvalue weighted by atomic mass is 35.5. The van der Waals surface area contributed by atoms with Gasteiger partial charge in [-0.1, -0.05) is 71.7 Å². The normalized spacial score (nSPS) is 15.3. The number of rotatable bonds is 6. The number of benzene rings is 4. The first-order chi connectivity index (χ1) is 19.7. The molecule has 0 amide bonds. The van der Waals surface area contributed by atoms with E-state index in [9.17, 15) is 8.42 Å². The average Bonchev–Trinajstić information content (AvgIpc) is 3.37. The molecule has 0 bridgehead atoms. The van der Waals surface area contributed by atoms with E-state index in [1.165, 1.54) is 6.07 Å². The summed E-state index contributed by atoms with van der Waals surface area (Å²) in [5.41, 5.74) is 4.25. The van der Waals surface area contributed by atoms with E-state index in [4.69, 9.17) is 38.3 Å². The van der Waals surface area contributed by atoms with E-state index >= 15 is 4.39 Å². The Labute approximate surface area is 246 Å². The minimum atomic E-state index is -3.43. The molecule has 41 heavy (non-hydrogen) atoms. The second kappa shape index (κ2) is 10.7. The van der Waals surface area contributed by atoms with Crippen molar-refractivity contribution in [2.24, 2.45) is 5.10 Å². The smallest absolute Gasteiger partial charge is 0.247 e. The zero-order chi connectivity index (χ0) is 28.7. The Morgan fingerprint density at radius 1 is 0.902 bits per heavy atom. The number of aromatic nitrogens is 2. The van der Waals surface area contributed by atoms with E-state index in [1.807, 2.05) is 42.5 Å². The fraction of sp³-hybridized carbons (Fsp3) is 0.100. The Bertz CT molecular complexity index is 1900. The molecule has 2 heterocycles. The van der Waals surface area contributed by atoms with Crippen LogP contribution in [-0.4, -0.2) is 30.4 Å². The van der Waals surface area contributed by atoms with Crippen LogP contribution >= 0.6 is 23.2 Å². The van der Waals surface area contributed by atoms with Crippen LogP contribution in [0.3, 0.4) is 0 Å². The van der Waals surface area contributed by atoms with Crippen LogP contribution in [0.15, 0.2) is 96.1 Å². The Balaban J connectivity index is 1.51. The van der Waals surface area contributed by atoms with Gasteiger partial charge in [0.25, 0.3) is 0 Å². The molecule has 11 heteroatoms. The summed E-state index contributed by atoms with van der Waals surface area (Å²) in [4.78, 5) is 9.73. The van der Waals surface area contributed by atoms with Crippen LogP contribution in [0.2, 0.25) is 10.0 Å². The average molecular weight is 607 g/mol. The Kier molecular flexibility index (Phi) is 7.11. The minimum absolute atomic E-state index is 0.264. The van der Waals surface area contributed by atoms with Crippen molar-refractivity contribution in [3.8, 4) is 11.3 Å². The van der Waals surface area contributed by atoms with E-state index in [1.54, 1.807) is 47.5 Å². The third kappa shape index (κ3) is 5.61. The van der Waals surface area contributed by atoms with E-state index in [0.29, 0.717) is 34.1 Å². The molecule has 0 saturated carbocycles. The summed E-state index contributed by atoms with van der Waals surface area (Å²) in [6.45, 7) is 0. The highest BCUT2D eigenvalue weighted by Gasteiger charge is 2.35. The fourth-order valence-corrected chi connectivity index (χ4v) is 5.90. The first-order valence-corrected chi connectivity index (χ1v) is 15.2. The quantitative estimate of drug-likeness (QED) is 0.217. The molecule has 0 fully saturated rings. The van der Waals surface area contributed by atoms with Crippen molar-refractivity contribution in [3.63, 3.8) is 0 Å². The number of fused-ring (bicyclic) bond motifs is 1. The standard InChI is InChI=1S/C30H22Cl2FN5O2S/c1-41(39,40)37-21-13-10-18(11-14-21)26-17-27(28-23(32)8-5-9-24(28)33)38(36-26)30-34-25-15-12-20(31)16-22(25)29(35-30)19-6-3-2-4-7-19/h2-16,27,37H,17H2,1H3. The van der Waals surface area contributed by atoms with Gasteiger partial charge in [0.15, 0.2) is 0 Å². The summed E-state index contributed by atoms with van der Waals surface area (Å²) in [5, 5.41) is 8.05. The lowest BCUT2D eigenvalue weighted by Crippen LogP contribution is -2.22. The zero-order valence-corrected chi connectivity index (χ0v) is 23.9. The van der Waals surface area contributed by atoms with Crippen LogP contribution in [-0.2, 0) is 10.0 Å². The maximum absolute atomic E-state index is 15.3. The molecule has 0 radical (unpaired) electrons. The van der Waals surface area contributed by atoms with Gasteiger partial charge < -0.3 is 0 Å². The molecule has 0 aliphatic carbocycles. The first-order valence-electron chi connectivity index (χ1n) is 12.6. The molecule has 1 aliphatic rings. The molecule has 0 spiro atoms. The number of nitrogens with zero attached hydrogens (tertiary/aromatic N) is 4. The topological polar surface area (TPSA) is 87.5 Å². The van der Waals surface area contributed by atoms with Gasteiger partial charge in [0, 0.05) is 38.7 Å². The molecule has 206 valence electrons. The lowest BCUT2D eigenvalue weighted by molar-refractivity contribution is 0.576. The summed E-state index contributed by atoms with van der Waals surface area (Å²) in [7, 11) is -3.43. The van der Waals surface area contributed by atoms with Crippen LogP contribution in [0.5, 0.6) is 0 Å². The molecule has 0 saturated heterocycles. The Morgan fingerprint density at radius 3 is 2.37 bits per heavy atom. The van der Waals surface area contributed by atoms with Crippen molar-refractivity contribution in [3.05, 3.63) is 118 Å². The summed E-state index contributed by atoms with van der Waals surface area (Å²) >= 11 is 12.9. The largest absolute Gasteiger partial charge is 0.284 e.